The number of nitrogens with one attached hydrogen (secondary N) is 1. The molecule has 0 saturated carbocycles. The summed E-state index contributed by atoms with van der Waals surface area (Å²) in [6, 6.07) is 2.36. The number of aliphatic hydroxyl groups is 1. The minimum atomic E-state index is -3.46. The van der Waals surface area contributed by atoms with Gasteiger partial charge in [-0.2, -0.15) is 4.31 Å². The molecule has 2 bridgehead atoms. The third-order valence-corrected chi connectivity index (χ3v) is 6.48. The van der Waals surface area contributed by atoms with E-state index in [2.05, 4.69) is 16.9 Å². The van der Waals surface area contributed by atoms with Crippen LogP contribution >= 0.6 is 0 Å². The Labute approximate surface area is 119 Å². The van der Waals surface area contributed by atoms with Gasteiger partial charge in [-0.25, -0.2) is 8.42 Å². The first kappa shape index (κ1) is 14.1. The molecule has 2 fully saturated rings. The molecule has 2 unspecified atom stereocenters. The molecule has 0 aromatic carbocycles. The molecular weight excluding hydrogens is 278 g/mol. The number of aromatic nitrogens is 1. The first-order valence-corrected chi connectivity index (χ1v) is 8.46. The molecule has 3 heterocycles. The van der Waals surface area contributed by atoms with Crippen LogP contribution in [0.25, 0.3) is 0 Å². The number of likely N-dealkylation sites (N-methyl/N-ethyl adjacent to an activating group) is 1. The smallest absolute Gasteiger partial charge is 0.244 e. The molecule has 2 saturated heterocycles. The Morgan fingerprint density at radius 1 is 1.35 bits per heavy atom. The van der Waals surface area contributed by atoms with Crippen molar-refractivity contribution in [2.24, 2.45) is 0 Å². The average Bonchev–Trinajstić information content (AvgIpc) is 2.95. The monoisotopic (exact) mass is 299 g/mol. The van der Waals surface area contributed by atoms with E-state index >= 15 is 0 Å². The van der Waals surface area contributed by atoms with Gasteiger partial charge in [0, 0.05) is 37.1 Å². The van der Waals surface area contributed by atoms with Crippen LogP contribution in [0.3, 0.4) is 0 Å². The summed E-state index contributed by atoms with van der Waals surface area (Å²) in [7, 11) is -1.36. The fraction of sp³-hybridized carbons (Fsp3) is 0.692. The van der Waals surface area contributed by atoms with Gasteiger partial charge in [0.25, 0.3) is 0 Å². The molecule has 1 aromatic heterocycles. The molecule has 0 aliphatic carbocycles. The highest BCUT2D eigenvalue weighted by atomic mass is 32.2. The third-order valence-electron chi connectivity index (χ3n) is 4.64. The average molecular weight is 299 g/mol. The molecule has 0 spiro atoms. The van der Waals surface area contributed by atoms with Crippen LogP contribution in [0.15, 0.2) is 17.2 Å². The minimum Gasteiger partial charge on any atom is -0.390 e. The number of hydrogen-bond acceptors (Lipinski definition) is 4. The van der Waals surface area contributed by atoms with Gasteiger partial charge in [0.15, 0.2) is 0 Å². The summed E-state index contributed by atoms with van der Waals surface area (Å²) in [6.45, 7) is 0.964. The Morgan fingerprint density at radius 3 is 2.80 bits per heavy atom. The number of hydrogen-bond donors (Lipinski definition) is 2. The Balaban J connectivity index is 1.84. The van der Waals surface area contributed by atoms with E-state index in [1.54, 1.807) is 4.31 Å². The highest BCUT2D eigenvalue weighted by molar-refractivity contribution is 7.89. The summed E-state index contributed by atoms with van der Waals surface area (Å²) in [5, 5.41) is 9.05. The molecule has 7 heteroatoms. The molecule has 20 heavy (non-hydrogen) atoms. The van der Waals surface area contributed by atoms with E-state index in [0.717, 1.165) is 12.8 Å². The van der Waals surface area contributed by atoms with E-state index < -0.39 is 10.0 Å². The molecule has 3 rings (SSSR count). The van der Waals surface area contributed by atoms with E-state index in [-0.39, 0.29) is 11.5 Å². The summed E-state index contributed by atoms with van der Waals surface area (Å²) < 4.78 is 26.9. The van der Waals surface area contributed by atoms with E-state index in [1.165, 1.54) is 18.7 Å². The zero-order valence-electron chi connectivity index (χ0n) is 11.6. The highest BCUT2D eigenvalue weighted by Crippen LogP contribution is 2.30. The van der Waals surface area contributed by atoms with Crippen molar-refractivity contribution >= 4 is 10.0 Å². The fourth-order valence-electron chi connectivity index (χ4n) is 3.30. The van der Waals surface area contributed by atoms with E-state index in [4.69, 9.17) is 5.11 Å². The van der Waals surface area contributed by atoms with Crippen molar-refractivity contribution in [1.82, 2.24) is 14.2 Å². The van der Waals surface area contributed by atoms with Crippen LogP contribution in [-0.4, -0.2) is 59.9 Å². The zero-order chi connectivity index (χ0) is 14.3. The van der Waals surface area contributed by atoms with Gasteiger partial charge in [-0.1, -0.05) is 0 Å². The normalized spacial score (nSPS) is 28.7. The fourth-order valence-corrected chi connectivity index (χ4v) is 4.82. The molecule has 0 amide bonds. The maximum absolute atomic E-state index is 12.7. The third kappa shape index (κ3) is 2.28. The van der Waals surface area contributed by atoms with E-state index in [9.17, 15) is 8.42 Å². The predicted octanol–water partition coefficient (Wildman–Crippen LogP) is 0.364. The lowest BCUT2D eigenvalue weighted by Gasteiger charge is -2.24. The van der Waals surface area contributed by atoms with Crippen LogP contribution in [0, 0.1) is 0 Å². The standard InChI is InChI=1S/C13H21N3O3S/c1-15-11-2-3-12(15)8-16(5-4-11)20(18,19)13-6-10(9-17)14-7-13/h6-7,11-12,14,17H,2-5,8-9H2,1H3. The van der Waals surface area contributed by atoms with Crippen molar-refractivity contribution < 1.29 is 13.5 Å². The highest BCUT2D eigenvalue weighted by Gasteiger charge is 2.38. The molecular formula is C13H21N3O3S. The van der Waals surface area contributed by atoms with Crippen molar-refractivity contribution in [3.05, 3.63) is 18.0 Å². The molecule has 0 radical (unpaired) electrons. The molecule has 6 nitrogen and oxygen atoms in total. The number of H-pyrrole nitrogens is 1. The van der Waals surface area contributed by atoms with Crippen molar-refractivity contribution in [1.29, 1.82) is 0 Å². The first-order chi connectivity index (χ1) is 9.52. The molecule has 1 aromatic rings. The van der Waals surface area contributed by atoms with Crippen molar-refractivity contribution in [2.75, 3.05) is 20.1 Å². The molecule has 2 atom stereocenters. The summed E-state index contributed by atoms with van der Waals surface area (Å²) in [4.78, 5) is 5.37. The zero-order valence-corrected chi connectivity index (χ0v) is 12.4. The van der Waals surface area contributed by atoms with Crippen molar-refractivity contribution in [3.8, 4) is 0 Å². The molecule has 2 aliphatic rings. The topological polar surface area (TPSA) is 76.6 Å². The van der Waals surface area contributed by atoms with Gasteiger partial charge in [-0.05, 0) is 32.4 Å². The molecule has 2 aliphatic heterocycles. The Morgan fingerprint density at radius 2 is 2.10 bits per heavy atom. The van der Waals surface area contributed by atoms with Crippen molar-refractivity contribution in [3.63, 3.8) is 0 Å². The number of aromatic amines is 1. The van der Waals surface area contributed by atoms with Crippen LogP contribution in [-0.2, 0) is 16.6 Å². The lowest BCUT2D eigenvalue weighted by atomic mass is 10.1. The molecule has 112 valence electrons. The van der Waals surface area contributed by atoms with E-state index in [1.807, 2.05) is 0 Å². The van der Waals surface area contributed by atoms with E-state index in [0.29, 0.717) is 30.9 Å². The quantitative estimate of drug-likeness (QED) is 0.845. The number of nitrogens with zero attached hydrogens (tertiary/aromatic N) is 2. The van der Waals surface area contributed by atoms with Crippen LogP contribution in [0.2, 0.25) is 0 Å². The maximum atomic E-state index is 12.7. The van der Waals surface area contributed by atoms with Crippen LogP contribution < -0.4 is 0 Å². The number of sulfonamides is 1. The summed E-state index contributed by atoms with van der Waals surface area (Å²) in [5.74, 6) is 0. The lowest BCUT2D eigenvalue weighted by molar-refractivity contribution is 0.246. The second-order valence-corrected chi connectivity index (χ2v) is 7.66. The summed E-state index contributed by atoms with van der Waals surface area (Å²) >= 11 is 0. The number of fused-ring (bicyclic) bond motifs is 2. The second kappa shape index (κ2) is 5.14. The molecule has 2 N–H and O–H groups in total. The van der Waals surface area contributed by atoms with Gasteiger partial charge in [-0.3, -0.25) is 4.90 Å². The number of aliphatic hydroxyl groups excluding tert-OH is 1. The second-order valence-electron chi connectivity index (χ2n) is 5.72. The Bertz CT molecular complexity index is 583. The maximum Gasteiger partial charge on any atom is 0.244 e. The van der Waals surface area contributed by atoms with Gasteiger partial charge in [0.05, 0.1) is 11.5 Å². The van der Waals surface area contributed by atoms with Crippen LogP contribution in [0.5, 0.6) is 0 Å². The summed E-state index contributed by atoms with van der Waals surface area (Å²) in [6.07, 6.45) is 4.60. The van der Waals surface area contributed by atoms with Gasteiger partial charge >= 0.3 is 0 Å². The minimum absolute atomic E-state index is 0.178. The van der Waals surface area contributed by atoms with Crippen molar-refractivity contribution in [2.45, 2.75) is 42.8 Å². The Kier molecular flexibility index (Phi) is 3.62. The van der Waals surface area contributed by atoms with Gasteiger partial charge < -0.3 is 10.1 Å². The van der Waals surface area contributed by atoms with Gasteiger partial charge in [0.2, 0.25) is 10.0 Å². The summed E-state index contributed by atoms with van der Waals surface area (Å²) in [5.41, 5.74) is 0.525. The Hall–Kier alpha value is -0.890. The SMILES string of the molecule is CN1C2CCC1CN(S(=O)(=O)c1c[nH]c(CO)c1)CC2. The number of rotatable bonds is 3. The van der Waals surface area contributed by atoms with Crippen LogP contribution in [0.1, 0.15) is 25.0 Å². The predicted molar refractivity (Wildman–Crippen MR) is 74.7 cm³/mol. The largest absolute Gasteiger partial charge is 0.390 e. The van der Waals surface area contributed by atoms with Gasteiger partial charge in [0.1, 0.15) is 0 Å². The lowest BCUT2D eigenvalue weighted by Crippen LogP contribution is -2.39. The first-order valence-electron chi connectivity index (χ1n) is 7.02. The van der Waals surface area contributed by atoms with Gasteiger partial charge in [-0.15, -0.1) is 0 Å². The van der Waals surface area contributed by atoms with Crippen LogP contribution in [0.4, 0.5) is 0 Å².